The van der Waals surface area contributed by atoms with Gasteiger partial charge in [0.2, 0.25) is 0 Å². The summed E-state index contributed by atoms with van der Waals surface area (Å²) in [7, 11) is 0. The zero-order valence-corrected chi connectivity index (χ0v) is 18.3. The summed E-state index contributed by atoms with van der Waals surface area (Å²) in [6.45, 7) is 0.228. The predicted molar refractivity (Wildman–Crippen MR) is 128 cm³/mol. The molecule has 3 aromatic carbocycles. The van der Waals surface area contributed by atoms with E-state index in [0.29, 0.717) is 44.2 Å². The van der Waals surface area contributed by atoms with E-state index in [0.717, 1.165) is 0 Å². The molecule has 0 unspecified atom stereocenters. The van der Waals surface area contributed by atoms with E-state index in [1.165, 1.54) is 18.2 Å². The number of aliphatic imine (C=N–C) groups is 1. The van der Waals surface area contributed by atoms with Crippen molar-refractivity contribution in [3.8, 4) is 11.3 Å². The fourth-order valence-electron chi connectivity index (χ4n) is 3.84. The normalized spacial score (nSPS) is 12.2. The van der Waals surface area contributed by atoms with Crippen molar-refractivity contribution in [3.05, 3.63) is 117 Å². The highest BCUT2D eigenvalue weighted by Gasteiger charge is 2.23. The lowest BCUT2D eigenvalue weighted by molar-refractivity contribution is 0.0697. The Morgan fingerprint density at radius 1 is 0.971 bits per heavy atom. The van der Waals surface area contributed by atoms with Crippen molar-refractivity contribution in [2.75, 3.05) is 0 Å². The van der Waals surface area contributed by atoms with E-state index >= 15 is 0 Å². The minimum atomic E-state index is -1.04. The average Bonchev–Trinajstić information content (AvgIpc) is 3.00. The summed E-state index contributed by atoms with van der Waals surface area (Å²) in [6.07, 6.45) is 1.61. The highest BCUT2D eigenvalue weighted by atomic mass is 35.5. The van der Waals surface area contributed by atoms with Gasteiger partial charge in [0.1, 0.15) is 11.5 Å². The highest BCUT2D eigenvalue weighted by molar-refractivity contribution is 6.31. The van der Waals surface area contributed by atoms with E-state index in [-0.39, 0.29) is 29.5 Å². The number of aromatic nitrogens is 2. The molecule has 1 aliphatic heterocycles. The van der Waals surface area contributed by atoms with Crippen LogP contribution in [0.2, 0.25) is 5.02 Å². The van der Waals surface area contributed by atoms with Gasteiger partial charge in [-0.3, -0.25) is 10.4 Å². The Balaban J connectivity index is 1.62. The number of hydrogen-bond donors (Lipinski definition) is 2. The number of benzene rings is 3. The van der Waals surface area contributed by atoms with Gasteiger partial charge in [-0.1, -0.05) is 41.9 Å². The van der Waals surface area contributed by atoms with E-state index in [1.807, 2.05) is 0 Å². The standard InChI is InChI=1S/C26H16ClFN4O2/c27-17-9-10-18-20(11-17)23-16(12-30-24(18)19-3-1-2-4-21(19)28)13-31-25(32-23)22(29)14-5-7-15(8-6-14)26(33)34/h1-11,13,29H,12H2,(H,33,34). The molecule has 0 atom stereocenters. The molecule has 5 rings (SSSR count). The molecule has 1 aliphatic rings. The first-order valence-corrected chi connectivity index (χ1v) is 10.7. The number of aromatic carboxylic acids is 1. The Labute approximate surface area is 199 Å². The second-order valence-electron chi connectivity index (χ2n) is 7.66. The van der Waals surface area contributed by atoms with Gasteiger partial charge in [0.25, 0.3) is 0 Å². The van der Waals surface area contributed by atoms with Crippen LogP contribution in [-0.2, 0) is 6.54 Å². The minimum Gasteiger partial charge on any atom is -0.478 e. The molecular formula is C26H16ClFN4O2. The summed E-state index contributed by atoms with van der Waals surface area (Å²) < 4.78 is 14.6. The van der Waals surface area contributed by atoms with E-state index < -0.39 is 5.97 Å². The largest absolute Gasteiger partial charge is 0.478 e. The number of halogens is 2. The minimum absolute atomic E-state index is 0.0443. The van der Waals surface area contributed by atoms with Crippen LogP contribution >= 0.6 is 11.6 Å². The number of hydrogen-bond acceptors (Lipinski definition) is 5. The van der Waals surface area contributed by atoms with Crippen LogP contribution in [-0.4, -0.2) is 32.5 Å². The van der Waals surface area contributed by atoms with Crippen molar-refractivity contribution < 1.29 is 14.3 Å². The maximum atomic E-state index is 14.6. The molecule has 0 saturated heterocycles. The number of carboxylic acids is 1. The van der Waals surface area contributed by atoms with Crippen LogP contribution < -0.4 is 0 Å². The van der Waals surface area contributed by atoms with Crippen LogP contribution in [0.3, 0.4) is 0 Å². The second-order valence-corrected chi connectivity index (χ2v) is 8.10. The number of carboxylic acid groups (broad SMARTS) is 1. The van der Waals surface area contributed by atoms with Crippen LogP contribution in [0.15, 0.2) is 77.9 Å². The lowest BCUT2D eigenvalue weighted by Gasteiger charge is -2.13. The summed E-state index contributed by atoms with van der Waals surface area (Å²) in [5.41, 5.74) is 4.13. The average molecular weight is 471 g/mol. The number of nitrogens with zero attached hydrogens (tertiary/aromatic N) is 3. The second kappa shape index (κ2) is 8.61. The SMILES string of the molecule is N=C(c1ccc(C(=O)O)cc1)c1ncc2c(n1)-c1cc(Cl)ccc1C(c1ccccc1F)=NC2. The van der Waals surface area contributed by atoms with Gasteiger partial charge in [0, 0.05) is 39.0 Å². The third kappa shape index (κ3) is 3.86. The first-order valence-electron chi connectivity index (χ1n) is 10.3. The van der Waals surface area contributed by atoms with Crippen LogP contribution in [0, 0.1) is 11.2 Å². The van der Waals surface area contributed by atoms with E-state index in [1.54, 1.807) is 54.7 Å². The van der Waals surface area contributed by atoms with Crippen molar-refractivity contribution in [2.45, 2.75) is 6.54 Å². The summed E-state index contributed by atoms with van der Waals surface area (Å²) in [5.74, 6) is -1.26. The molecule has 2 heterocycles. The molecular weight excluding hydrogens is 455 g/mol. The Kier molecular flexibility index (Phi) is 5.47. The molecule has 0 saturated carbocycles. The maximum absolute atomic E-state index is 14.6. The van der Waals surface area contributed by atoms with Gasteiger partial charge in [0.05, 0.1) is 23.5 Å². The molecule has 0 amide bonds. The van der Waals surface area contributed by atoms with Crippen molar-refractivity contribution in [3.63, 3.8) is 0 Å². The lowest BCUT2D eigenvalue weighted by atomic mass is 9.95. The van der Waals surface area contributed by atoms with E-state index in [2.05, 4.69) is 15.0 Å². The summed E-state index contributed by atoms with van der Waals surface area (Å²) in [5, 5.41) is 18.2. The van der Waals surface area contributed by atoms with Gasteiger partial charge in [-0.15, -0.1) is 0 Å². The van der Waals surface area contributed by atoms with Gasteiger partial charge < -0.3 is 5.11 Å². The van der Waals surface area contributed by atoms with Crippen LogP contribution in [0.1, 0.15) is 38.4 Å². The molecule has 0 bridgehead atoms. The number of fused-ring (bicyclic) bond motifs is 3. The molecule has 4 aromatic rings. The summed E-state index contributed by atoms with van der Waals surface area (Å²) >= 11 is 6.31. The Morgan fingerprint density at radius 2 is 1.71 bits per heavy atom. The van der Waals surface area contributed by atoms with E-state index in [4.69, 9.17) is 22.1 Å². The van der Waals surface area contributed by atoms with Gasteiger partial charge in [-0.2, -0.15) is 0 Å². The van der Waals surface area contributed by atoms with Crippen molar-refractivity contribution in [1.29, 1.82) is 5.41 Å². The Morgan fingerprint density at radius 3 is 2.44 bits per heavy atom. The number of nitrogens with one attached hydrogen (secondary N) is 1. The predicted octanol–water partition coefficient (Wildman–Crippen LogP) is 5.40. The quantitative estimate of drug-likeness (QED) is 0.390. The first kappa shape index (κ1) is 21.6. The maximum Gasteiger partial charge on any atom is 0.335 e. The Bertz CT molecular complexity index is 1500. The molecule has 2 N–H and O–H groups in total. The molecule has 0 aliphatic carbocycles. The van der Waals surface area contributed by atoms with Crippen molar-refractivity contribution in [2.24, 2.45) is 4.99 Å². The summed E-state index contributed by atoms with van der Waals surface area (Å²) in [4.78, 5) is 24.8. The van der Waals surface area contributed by atoms with E-state index in [9.17, 15) is 9.18 Å². The molecule has 0 fully saturated rings. The Hall–Kier alpha value is -4.23. The van der Waals surface area contributed by atoms with Crippen molar-refractivity contribution in [1.82, 2.24) is 9.97 Å². The van der Waals surface area contributed by atoms with Gasteiger partial charge in [0.15, 0.2) is 5.82 Å². The van der Waals surface area contributed by atoms with Crippen LogP contribution in [0.5, 0.6) is 0 Å². The molecule has 0 spiro atoms. The third-order valence-corrected chi connectivity index (χ3v) is 5.77. The fraction of sp³-hybridized carbons (Fsp3) is 0.0385. The van der Waals surface area contributed by atoms with Crippen LogP contribution in [0.25, 0.3) is 11.3 Å². The zero-order chi connectivity index (χ0) is 23.8. The van der Waals surface area contributed by atoms with Gasteiger partial charge in [-0.05, 0) is 36.4 Å². The van der Waals surface area contributed by atoms with Crippen LogP contribution in [0.4, 0.5) is 4.39 Å². The zero-order valence-electron chi connectivity index (χ0n) is 17.6. The summed E-state index contributed by atoms with van der Waals surface area (Å²) in [6, 6.07) is 17.7. The fourth-order valence-corrected chi connectivity index (χ4v) is 4.01. The van der Waals surface area contributed by atoms with Crippen molar-refractivity contribution >= 4 is 29.0 Å². The third-order valence-electron chi connectivity index (χ3n) is 5.54. The molecule has 6 nitrogen and oxygen atoms in total. The smallest absolute Gasteiger partial charge is 0.335 e. The molecule has 0 radical (unpaired) electrons. The van der Waals surface area contributed by atoms with Gasteiger partial charge in [-0.25, -0.2) is 19.2 Å². The topological polar surface area (TPSA) is 99.3 Å². The number of rotatable bonds is 4. The molecule has 8 heteroatoms. The number of carbonyl (C=O) groups is 1. The molecule has 1 aromatic heterocycles. The first-order chi connectivity index (χ1) is 16.4. The monoisotopic (exact) mass is 470 g/mol. The van der Waals surface area contributed by atoms with Gasteiger partial charge >= 0.3 is 5.97 Å². The molecule has 34 heavy (non-hydrogen) atoms. The highest BCUT2D eigenvalue weighted by Crippen LogP contribution is 2.33. The lowest BCUT2D eigenvalue weighted by Crippen LogP contribution is -2.10. The molecule has 166 valence electrons.